The number of pyridine rings is 1. The predicted molar refractivity (Wildman–Crippen MR) is 89.0 cm³/mol. The monoisotopic (exact) mass is 322 g/mol. The summed E-state index contributed by atoms with van der Waals surface area (Å²) < 4.78 is 13.4. The highest BCUT2D eigenvalue weighted by Crippen LogP contribution is 2.21. The molecule has 0 saturated carbocycles. The summed E-state index contributed by atoms with van der Waals surface area (Å²) in [5, 5.41) is 14.5. The standard InChI is InChI=1S/C18H15FN4O/c1-4-18(2,3)23-17(24)14-6-5-9-21-16(14)22-13-7-8-15(19)12(10-13)11-20/h1,5-10H,2-3H3,(H,21,22)(H,23,24). The summed E-state index contributed by atoms with van der Waals surface area (Å²) in [6.07, 6.45) is 6.89. The first-order valence-corrected chi connectivity index (χ1v) is 7.08. The third kappa shape index (κ3) is 3.88. The van der Waals surface area contributed by atoms with Gasteiger partial charge in [0.25, 0.3) is 5.91 Å². The molecule has 0 aliphatic rings. The van der Waals surface area contributed by atoms with Gasteiger partial charge in [0, 0.05) is 11.9 Å². The van der Waals surface area contributed by atoms with E-state index in [4.69, 9.17) is 11.7 Å². The Bertz CT molecular complexity index is 862. The number of benzene rings is 1. The predicted octanol–water partition coefficient (Wildman–Crippen LogP) is 2.98. The quantitative estimate of drug-likeness (QED) is 0.848. The Hall–Kier alpha value is -3.38. The van der Waals surface area contributed by atoms with E-state index < -0.39 is 17.3 Å². The molecular formula is C18H15FN4O. The molecule has 0 fully saturated rings. The third-order valence-electron chi connectivity index (χ3n) is 3.19. The van der Waals surface area contributed by atoms with Crippen LogP contribution in [0.2, 0.25) is 0 Å². The number of aromatic nitrogens is 1. The van der Waals surface area contributed by atoms with Crippen molar-refractivity contribution in [3.05, 3.63) is 53.5 Å². The summed E-state index contributed by atoms with van der Waals surface area (Å²) in [4.78, 5) is 16.5. The Balaban J connectivity index is 2.32. The molecule has 0 saturated heterocycles. The molecule has 120 valence electrons. The first-order valence-electron chi connectivity index (χ1n) is 7.08. The molecule has 0 unspecified atom stereocenters. The van der Waals surface area contributed by atoms with Crippen molar-refractivity contribution in [3.8, 4) is 18.4 Å². The van der Waals surface area contributed by atoms with Crippen LogP contribution in [0.15, 0.2) is 36.5 Å². The van der Waals surface area contributed by atoms with E-state index in [0.717, 1.165) is 0 Å². The van der Waals surface area contributed by atoms with Crippen molar-refractivity contribution in [1.29, 1.82) is 5.26 Å². The maximum absolute atomic E-state index is 13.4. The number of anilines is 2. The number of terminal acetylenes is 1. The lowest BCUT2D eigenvalue weighted by molar-refractivity contribution is 0.0930. The average molecular weight is 322 g/mol. The van der Waals surface area contributed by atoms with Crippen LogP contribution in [0.4, 0.5) is 15.9 Å². The van der Waals surface area contributed by atoms with Crippen LogP contribution in [-0.2, 0) is 0 Å². The Kier molecular flexibility index (Phi) is 4.81. The molecule has 0 radical (unpaired) electrons. The molecule has 2 N–H and O–H groups in total. The minimum Gasteiger partial charge on any atom is -0.340 e. The molecule has 5 nitrogen and oxygen atoms in total. The van der Waals surface area contributed by atoms with Crippen LogP contribution < -0.4 is 10.6 Å². The van der Waals surface area contributed by atoms with Crippen molar-refractivity contribution >= 4 is 17.4 Å². The number of hydrogen-bond donors (Lipinski definition) is 2. The first kappa shape index (κ1) is 17.0. The van der Waals surface area contributed by atoms with E-state index in [-0.39, 0.29) is 16.9 Å². The van der Waals surface area contributed by atoms with E-state index in [1.807, 2.05) is 0 Å². The molecule has 1 heterocycles. The van der Waals surface area contributed by atoms with Gasteiger partial charge in [0.15, 0.2) is 0 Å². The topological polar surface area (TPSA) is 77.8 Å². The average Bonchev–Trinajstić information content (AvgIpc) is 2.56. The second-order valence-corrected chi connectivity index (χ2v) is 5.55. The number of carbonyl (C=O) groups is 1. The molecule has 2 aromatic rings. The minimum atomic E-state index is -0.811. The number of carbonyl (C=O) groups excluding carboxylic acids is 1. The zero-order chi connectivity index (χ0) is 17.7. The van der Waals surface area contributed by atoms with Crippen molar-refractivity contribution in [1.82, 2.24) is 10.3 Å². The molecule has 6 heteroatoms. The van der Waals surface area contributed by atoms with E-state index in [2.05, 4.69) is 21.5 Å². The normalized spacial score (nSPS) is 10.4. The van der Waals surface area contributed by atoms with Crippen molar-refractivity contribution in [2.45, 2.75) is 19.4 Å². The molecule has 0 atom stereocenters. The fourth-order valence-electron chi connectivity index (χ4n) is 1.90. The van der Waals surface area contributed by atoms with Gasteiger partial charge in [-0.15, -0.1) is 6.42 Å². The molecule has 0 aliphatic heterocycles. The van der Waals surface area contributed by atoms with Crippen LogP contribution >= 0.6 is 0 Å². The maximum Gasteiger partial charge on any atom is 0.256 e. The summed E-state index contributed by atoms with van der Waals surface area (Å²) in [6.45, 7) is 3.40. The van der Waals surface area contributed by atoms with Gasteiger partial charge < -0.3 is 10.6 Å². The van der Waals surface area contributed by atoms with Crippen molar-refractivity contribution in [2.75, 3.05) is 5.32 Å². The van der Waals surface area contributed by atoms with E-state index in [9.17, 15) is 9.18 Å². The van der Waals surface area contributed by atoms with Crippen LogP contribution in [0.5, 0.6) is 0 Å². The zero-order valence-electron chi connectivity index (χ0n) is 13.2. The van der Waals surface area contributed by atoms with Crippen LogP contribution in [-0.4, -0.2) is 16.4 Å². The second kappa shape index (κ2) is 6.80. The molecule has 24 heavy (non-hydrogen) atoms. The smallest absolute Gasteiger partial charge is 0.256 e. The number of nitrogens with zero attached hydrogens (tertiary/aromatic N) is 2. The van der Waals surface area contributed by atoms with Gasteiger partial charge >= 0.3 is 0 Å². The molecule has 1 aromatic carbocycles. The van der Waals surface area contributed by atoms with Gasteiger partial charge in [0.2, 0.25) is 0 Å². The molecule has 0 aliphatic carbocycles. The minimum absolute atomic E-state index is 0.101. The van der Waals surface area contributed by atoms with Crippen LogP contribution in [0.1, 0.15) is 29.8 Å². The number of nitrogens with one attached hydrogen (secondary N) is 2. The molecule has 2 rings (SSSR count). The maximum atomic E-state index is 13.4. The second-order valence-electron chi connectivity index (χ2n) is 5.55. The number of rotatable bonds is 4. The van der Waals surface area contributed by atoms with Gasteiger partial charge in [0.05, 0.1) is 16.7 Å². The van der Waals surface area contributed by atoms with Crippen LogP contribution in [0, 0.1) is 29.5 Å². The van der Waals surface area contributed by atoms with Crippen LogP contribution in [0.25, 0.3) is 0 Å². The highest BCUT2D eigenvalue weighted by atomic mass is 19.1. The number of nitriles is 1. The SMILES string of the molecule is C#CC(C)(C)NC(=O)c1cccnc1Nc1ccc(F)c(C#N)c1. The zero-order valence-corrected chi connectivity index (χ0v) is 13.2. The highest BCUT2D eigenvalue weighted by Gasteiger charge is 2.20. The van der Waals surface area contributed by atoms with Gasteiger partial charge in [-0.1, -0.05) is 5.92 Å². The third-order valence-corrected chi connectivity index (χ3v) is 3.19. The molecule has 0 bridgehead atoms. The first-order chi connectivity index (χ1) is 11.4. The lowest BCUT2D eigenvalue weighted by atomic mass is 10.1. The lowest BCUT2D eigenvalue weighted by Gasteiger charge is -2.20. The summed E-state index contributed by atoms with van der Waals surface area (Å²) in [5.74, 6) is 1.75. The van der Waals surface area contributed by atoms with E-state index in [1.54, 1.807) is 32.0 Å². The van der Waals surface area contributed by atoms with Gasteiger partial charge in [-0.2, -0.15) is 5.26 Å². The summed E-state index contributed by atoms with van der Waals surface area (Å²) in [6, 6.07) is 8.94. The molecule has 1 amide bonds. The Morgan fingerprint density at radius 3 is 2.79 bits per heavy atom. The van der Waals surface area contributed by atoms with Crippen molar-refractivity contribution < 1.29 is 9.18 Å². The number of halogens is 1. The molecule has 1 aromatic heterocycles. The van der Waals surface area contributed by atoms with Crippen LogP contribution in [0.3, 0.4) is 0 Å². The molecule has 0 spiro atoms. The number of amides is 1. The summed E-state index contributed by atoms with van der Waals surface area (Å²) >= 11 is 0. The summed E-state index contributed by atoms with van der Waals surface area (Å²) in [7, 11) is 0. The van der Waals surface area contributed by atoms with E-state index in [1.165, 1.54) is 24.4 Å². The van der Waals surface area contributed by atoms with E-state index >= 15 is 0 Å². The lowest BCUT2D eigenvalue weighted by Crippen LogP contribution is -2.42. The van der Waals surface area contributed by atoms with Crippen molar-refractivity contribution in [3.63, 3.8) is 0 Å². The van der Waals surface area contributed by atoms with Gasteiger partial charge in [-0.3, -0.25) is 4.79 Å². The van der Waals surface area contributed by atoms with E-state index in [0.29, 0.717) is 5.69 Å². The van der Waals surface area contributed by atoms with Gasteiger partial charge in [-0.25, -0.2) is 9.37 Å². The highest BCUT2D eigenvalue weighted by molar-refractivity contribution is 5.99. The molecular weight excluding hydrogens is 307 g/mol. The Morgan fingerprint density at radius 1 is 1.38 bits per heavy atom. The largest absolute Gasteiger partial charge is 0.340 e. The number of hydrogen-bond acceptors (Lipinski definition) is 4. The fourth-order valence-corrected chi connectivity index (χ4v) is 1.90. The summed E-state index contributed by atoms with van der Waals surface area (Å²) in [5.41, 5.74) is -0.190. The van der Waals surface area contributed by atoms with Gasteiger partial charge in [-0.05, 0) is 44.2 Å². The fraction of sp³-hybridized carbons (Fsp3) is 0.167. The Morgan fingerprint density at radius 2 is 2.12 bits per heavy atom. The van der Waals surface area contributed by atoms with Gasteiger partial charge in [0.1, 0.15) is 17.7 Å². The van der Waals surface area contributed by atoms with Crippen molar-refractivity contribution in [2.24, 2.45) is 0 Å². The Labute approximate surface area is 139 Å².